The first kappa shape index (κ1) is 20.7. The molecule has 29 heavy (non-hydrogen) atoms. The summed E-state index contributed by atoms with van der Waals surface area (Å²) < 4.78 is 46.9. The zero-order chi connectivity index (χ0) is 21.3. The van der Waals surface area contributed by atoms with Crippen LogP contribution in [0.1, 0.15) is 16.7 Å². The quantitative estimate of drug-likeness (QED) is 0.603. The number of methoxy groups -OCH3 is 1. The first-order valence-electron chi connectivity index (χ1n) is 8.52. The Balaban J connectivity index is 2.07. The van der Waals surface area contributed by atoms with Crippen LogP contribution in [-0.2, 0) is 6.54 Å². The van der Waals surface area contributed by atoms with Gasteiger partial charge in [-0.05, 0) is 54.8 Å². The van der Waals surface area contributed by atoms with E-state index in [9.17, 15) is 18.0 Å². The third-order valence-electron chi connectivity index (χ3n) is 4.33. The summed E-state index contributed by atoms with van der Waals surface area (Å²) in [6, 6.07) is 5.31. The Labute approximate surface area is 169 Å². The van der Waals surface area contributed by atoms with Crippen molar-refractivity contribution in [1.82, 2.24) is 9.55 Å². The molecule has 1 aromatic heterocycles. The first-order valence-corrected chi connectivity index (χ1v) is 8.90. The van der Waals surface area contributed by atoms with Gasteiger partial charge in [0, 0.05) is 10.7 Å². The molecule has 5 nitrogen and oxygen atoms in total. The van der Waals surface area contributed by atoms with Gasteiger partial charge in [-0.1, -0.05) is 11.6 Å². The molecule has 0 amide bonds. The monoisotopic (exact) mass is 423 g/mol. The Morgan fingerprint density at radius 2 is 1.76 bits per heavy atom. The molecular weight excluding hydrogens is 407 g/mol. The standard InChI is InChI=1S/C20H17ClF3N3O2/c1-10-5-16(11(2)4-13(10)21)25-20-26-19(28)17(29-3)9-27(20)8-12-6-14(22)18(24)15(23)7-12/h4-7,9H,8H2,1-3H3,(H,25,26,28). The molecule has 0 saturated carbocycles. The van der Waals surface area contributed by atoms with Crippen LogP contribution in [0, 0.1) is 31.3 Å². The van der Waals surface area contributed by atoms with Crippen LogP contribution in [0.2, 0.25) is 5.02 Å². The molecule has 1 heterocycles. The van der Waals surface area contributed by atoms with Crippen LogP contribution >= 0.6 is 11.6 Å². The number of anilines is 2. The number of aromatic nitrogens is 2. The van der Waals surface area contributed by atoms with Crippen LogP contribution in [-0.4, -0.2) is 16.7 Å². The number of benzene rings is 2. The summed E-state index contributed by atoms with van der Waals surface area (Å²) >= 11 is 6.12. The summed E-state index contributed by atoms with van der Waals surface area (Å²) in [5.74, 6) is -4.09. The molecule has 0 spiro atoms. The highest BCUT2D eigenvalue weighted by Crippen LogP contribution is 2.27. The Hall–Kier alpha value is -3.00. The van der Waals surface area contributed by atoms with Crippen molar-refractivity contribution in [2.24, 2.45) is 0 Å². The highest BCUT2D eigenvalue weighted by atomic mass is 35.5. The van der Waals surface area contributed by atoms with Crippen molar-refractivity contribution >= 4 is 23.2 Å². The van der Waals surface area contributed by atoms with Crippen LogP contribution < -0.4 is 15.6 Å². The lowest BCUT2D eigenvalue weighted by Gasteiger charge is -2.17. The second-order valence-corrected chi connectivity index (χ2v) is 6.89. The van der Waals surface area contributed by atoms with E-state index >= 15 is 0 Å². The lowest BCUT2D eigenvalue weighted by atomic mass is 10.1. The Bertz CT molecular complexity index is 1130. The van der Waals surface area contributed by atoms with Crippen molar-refractivity contribution in [1.29, 1.82) is 0 Å². The maximum atomic E-state index is 13.6. The predicted molar refractivity (Wildman–Crippen MR) is 105 cm³/mol. The molecule has 0 atom stereocenters. The van der Waals surface area contributed by atoms with E-state index in [1.807, 2.05) is 13.8 Å². The molecule has 3 aromatic rings. The number of aryl methyl sites for hydroxylation is 2. The van der Waals surface area contributed by atoms with Gasteiger partial charge in [-0.15, -0.1) is 0 Å². The Kier molecular flexibility index (Phi) is 5.83. The summed E-state index contributed by atoms with van der Waals surface area (Å²) in [5.41, 5.74) is 1.78. The van der Waals surface area contributed by atoms with E-state index < -0.39 is 23.0 Å². The van der Waals surface area contributed by atoms with E-state index in [0.29, 0.717) is 10.7 Å². The van der Waals surface area contributed by atoms with Crippen molar-refractivity contribution in [3.63, 3.8) is 0 Å². The van der Waals surface area contributed by atoms with E-state index in [1.165, 1.54) is 17.9 Å². The maximum absolute atomic E-state index is 13.6. The maximum Gasteiger partial charge on any atom is 0.316 e. The van der Waals surface area contributed by atoms with Crippen molar-refractivity contribution in [2.45, 2.75) is 20.4 Å². The van der Waals surface area contributed by atoms with Gasteiger partial charge in [0.1, 0.15) is 0 Å². The van der Waals surface area contributed by atoms with Crippen molar-refractivity contribution in [3.8, 4) is 5.75 Å². The fourth-order valence-electron chi connectivity index (χ4n) is 2.77. The van der Waals surface area contributed by atoms with Gasteiger partial charge in [0.2, 0.25) is 11.7 Å². The van der Waals surface area contributed by atoms with Gasteiger partial charge in [0.15, 0.2) is 17.5 Å². The molecule has 0 radical (unpaired) electrons. The second kappa shape index (κ2) is 8.16. The molecule has 1 N–H and O–H groups in total. The average Bonchev–Trinajstić information content (AvgIpc) is 2.66. The number of halogens is 4. The fourth-order valence-corrected chi connectivity index (χ4v) is 2.98. The summed E-state index contributed by atoms with van der Waals surface area (Å²) in [5, 5.41) is 3.63. The molecule has 3 rings (SSSR count). The van der Waals surface area contributed by atoms with Gasteiger partial charge in [0.25, 0.3) is 0 Å². The smallest absolute Gasteiger partial charge is 0.316 e. The van der Waals surface area contributed by atoms with Crippen LogP contribution in [0.25, 0.3) is 0 Å². The molecule has 0 bridgehead atoms. The van der Waals surface area contributed by atoms with Gasteiger partial charge in [0.05, 0.1) is 19.9 Å². The molecule has 0 unspecified atom stereocenters. The minimum atomic E-state index is -1.55. The molecule has 152 valence electrons. The normalized spacial score (nSPS) is 10.9. The Morgan fingerprint density at radius 3 is 2.38 bits per heavy atom. The van der Waals surface area contributed by atoms with E-state index in [1.54, 1.807) is 12.1 Å². The average molecular weight is 424 g/mol. The van der Waals surface area contributed by atoms with Crippen LogP contribution in [0.4, 0.5) is 24.8 Å². The van der Waals surface area contributed by atoms with Crippen LogP contribution in [0.3, 0.4) is 0 Å². The second-order valence-electron chi connectivity index (χ2n) is 6.48. The number of nitrogens with one attached hydrogen (secondary N) is 1. The number of ether oxygens (including phenoxy) is 1. The topological polar surface area (TPSA) is 56.1 Å². The molecule has 0 aliphatic carbocycles. The molecule has 0 fully saturated rings. The molecule has 2 aromatic carbocycles. The van der Waals surface area contributed by atoms with Crippen LogP contribution in [0.15, 0.2) is 35.3 Å². The van der Waals surface area contributed by atoms with Crippen molar-refractivity contribution in [3.05, 3.63) is 80.0 Å². The lowest BCUT2D eigenvalue weighted by molar-refractivity contribution is 0.402. The van der Waals surface area contributed by atoms with Crippen molar-refractivity contribution in [2.75, 3.05) is 12.4 Å². The lowest BCUT2D eigenvalue weighted by Crippen LogP contribution is -2.19. The third kappa shape index (κ3) is 4.37. The SMILES string of the molecule is COc1cn(Cc2cc(F)c(F)c(F)c2)c(Nc2cc(C)c(Cl)cc2C)nc1=O. The largest absolute Gasteiger partial charge is 0.490 e. The van der Waals surface area contributed by atoms with Gasteiger partial charge < -0.3 is 14.6 Å². The minimum Gasteiger partial charge on any atom is -0.490 e. The van der Waals surface area contributed by atoms with Crippen LogP contribution in [0.5, 0.6) is 5.75 Å². The highest BCUT2D eigenvalue weighted by molar-refractivity contribution is 6.31. The highest BCUT2D eigenvalue weighted by Gasteiger charge is 2.15. The Morgan fingerprint density at radius 1 is 1.10 bits per heavy atom. The minimum absolute atomic E-state index is 0.0531. The molecule has 0 aliphatic heterocycles. The first-order chi connectivity index (χ1) is 13.7. The van der Waals surface area contributed by atoms with Crippen molar-refractivity contribution < 1.29 is 17.9 Å². The zero-order valence-electron chi connectivity index (χ0n) is 15.8. The number of hydrogen-bond donors (Lipinski definition) is 1. The molecule has 0 aliphatic rings. The van der Waals surface area contributed by atoms with E-state index in [2.05, 4.69) is 10.3 Å². The summed E-state index contributed by atoms with van der Waals surface area (Å²) in [6.45, 7) is 3.56. The predicted octanol–water partition coefficient (Wildman–Crippen LogP) is 4.73. The summed E-state index contributed by atoms with van der Waals surface area (Å²) in [7, 11) is 1.31. The van der Waals surface area contributed by atoms with Gasteiger partial charge >= 0.3 is 5.56 Å². The summed E-state index contributed by atoms with van der Waals surface area (Å²) in [4.78, 5) is 16.1. The van der Waals surface area contributed by atoms with Gasteiger partial charge in [-0.25, -0.2) is 13.2 Å². The van der Waals surface area contributed by atoms with Gasteiger partial charge in [-0.3, -0.25) is 4.79 Å². The summed E-state index contributed by atoms with van der Waals surface area (Å²) in [6.07, 6.45) is 1.36. The zero-order valence-corrected chi connectivity index (χ0v) is 16.6. The fraction of sp³-hybridized carbons (Fsp3) is 0.200. The number of nitrogens with zero attached hydrogens (tertiary/aromatic N) is 2. The molecule has 0 saturated heterocycles. The molecule has 9 heteroatoms. The molecular formula is C20H17ClF3N3O2. The number of rotatable bonds is 5. The van der Waals surface area contributed by atoms with E-state index in [-0.39, 0.29) is 23.8 Å². The number of hydrogen-bond acceptors (Lipinski definition) is 4. The third-order valence-corrected chi connectivity index (χ3v) is 4.74. The van der Waals surface area contributed by atoms with Gasteiger partial charge in [-0.2, -0.15) is 4.98 Å². The van der Waals surface area contributed by atoms with E-state index in [0.717, 1.165) is 23.3 Å². The van der Waals surface area contributed by atoms with E-state index in [4.69, 9.17) is 16.3 Å².